The first-order valence-electron chi connectivity index (χ1n) is 11.0. The molecule has 1 aliphatic heterocycles. The minimum atomic E-state index is -0.824. The second kappa shape index (κ2) is 9.88. The lowest BCUT2D eigenvalue weighted by atomic mass is 9.93. The van der Waals surface area contributed by atoms with Crippen LogP contribution in [-0.2, 0) is 19.1 Å². The number of carbonyl (C=O) groups excluding carboxylic acids is 3. The average molecular weight is 467 g/mol. The first-order chi connectivity index (χ1) is 16.4. The number of nitrogens with zero attached hydrogens (tertiary/aromatic N) is 5. The number of nitrogens with one attached hydrogen (secondary N) is 3. The van der Waals surface area contributed by atoms with E-state index >= 15 is 0 Å². The van der Waals surface area contributed by atoms with E-state index in [0.717, 1.165) is 17.3 Å². The first kappa shape index (κ1) is 23.2. The van der Waals surface area contributed by atoms with Gasteiger partial charge in [0.15, 0.2) is 5.65 Å². The Morgan fingerprint density at radius 2 is 2.12 bits per heavy atom. The number of nitriles is 1. The van der Waals surface area contributed by atoms with Crippen molar-refractivity contribution in [3.63, 3.8) is 0 Å². The maximum Gasteiger partial charge on any atom is 0.314 e. The summed E-state index contributed by atoms with van der Waals surface area (Å²) in [7, 11) is 1.50. The van der Waals surface area contributed by atoms with Crippen molar-refractivity contribution in [3.8, 4) is 6.07 Å². The minimum absolute atomic E-state index is 0.152. The molecule has 1 saturated heterocycles. The van der Waals surface area contributed by atoms with Crippen LogP contribution >= 0.6 is 0 Å². The van der Waals surface area contributed by atoms with Gasteiger partial charge < -0.3 is 20.3 Å². The number of ether oxygens (including phenoxy) is 1. The van der Waals surface area contributed by atoms with E-state index in [2.05, 4.69) is 32.6 Å². The van der Waals surface area contributed by atoms with Crippen molar-refractivity contribution in [2.45, 2.75) is 25.8 Å². The summed E-state index contributed by atoms with van der Waals surface area (Å²) < 4.78 is 6.80. The number of likely N-dealkylation sites (tertiary alicyclic amines) is 1. The number of aromatic amines is 1. The third-order valence-electron chi connectivity index (χ3n) is 6.12. The molecule has 12 heteroatoms. The Balaban J connectivity index is 1.71. The summed E-state index contributed by atoms with van der Waals surface area (Å²) in [6, 6.07) is 3.61. The van der Waals surface area contributed by atoms with Gasteiger partial charge in [-0.1, -0.05) is 6.92 Å². The van der Waals surface area contributed by atoms with Gasteiger partial charge in [0, 0.05) is 44.5 Å². The maximum absolute atomic E-state index is 12.5. The van der Waals surface area contributed by atoms with E-state index in [0.29, 0.717) is 29.9 Å². The van der Waals surface area contributed by atoms with Gasteiger partial charge in [0.05, 0.1) is 29.6 Å². The summed E-state index contributed by atoms with van der Waals surface area (Å²) in [5.74, 6) is -1.29. The topological polar surface area (TPSA) is 158 Å². The molecule has 34 heavy (non-hydrogen) atoms. The Kier molecular flexibility index (Phi) is 6.74. The fourth-order valence-corrected chi connectivity index (χ4v) is 4.28. The molecule has 3 amide bonds. The molecule has 0 bridgehead atoms. The number of piperidine rings is 1. The highest BCUT2D eigenvalue weighted by Crippen LogP contribution is 2.35. The lowest BCUT2D eigenvalue weighted by Crippen LogP contribution is -2.44. The molecule has 0 aromatic carbocycles. The summed E-state index contributed by atoms with van der Waals surface area (Å²) >= 11 is 0. The van der Waals surface area contributed by atoms with Crippen LogP contribution in [0.4, 0.5) is 5.82 Å². The molecule has 1 fully saturated rings. The molecular weight excluding hydrogens is 440 g/mol. The fraction of sp³-hybridized carbons (Fsp3) is 0.455. The van der Waals surface area contributed by atoms with Crippen molar-refractivity contribution in [3.05, 3.63) is 18.5 Å². The molecule has 2 atom stereocenters. The lowest BCUT2D eigenvalue weighted by Gasteiger charge is -2.37. The van der Waals surface area contributed by atoms with E-state index in [1.807, 2.05) is 16.8 Å². The van der Waals surface area contributed by atoms with E-state index in [-0.39, 0.29) is 37.4 Å². The molecule has 12 nitrogen and oxygen atoms in total. The van der Waals surface area contributed by atoms with Crippen LogP contribution in [0.15, 0.2) is 18.5 Å². The van der Waals surface area contributed by atoms with Gasteiger partial charge >= 0.3 is 11.8 Å². The molecule has 0 unspecified atom stereocenters. The van der Waals surface area contributed by atoms with Crippen molar-refractivity contribution in [2.24, 2.45) is 5.92 Å². The fourth-order valence-electron chi connectivity index (χ4n) is 4.28. The smallest absolute Gasteiger partial charge is 0.314 e. The third kappa shape index (κ3) is 4.42. The van der Waals surface area contributed by atoms with Crippen molar-refractivity contribution < 1.29 is 19.1 Å². The Hall–Kier alpha value is -3.98. The minimum Gasteiger partial charge on any atom is -0.383 e. The van der Waals surface area contributed by atoms with Gasteiger partial charge in [-0.25, -0.2) is 9.97 Å². The van der Waals surface area contributed by atoms with Gasteiger partial charge in [0.2, 0.25) is 5.91 Å². The molecule has 0 spiro atoms. The van der Waals surface area contributed by atoms with Gasteiger partial charge in [-0.05, 0) is 18.4 Å². The molecule has 3 aromatic heterocycles. The number of hydrogen-bond acceptors (Lipinski definition) is 7. The van der Waals surface area contributed by atoms with Gasteiger partial charge in [0.25, 0.3) is 0 Å². The average Bonchev–Trinajstić information content (AvgIpc) is 3.44. The Bertz CT molecular complexity index is 1270. The van der Waals surface area contributed by atoms with Crippen LogP contribution < -0.4 is 10.6 Å². The molecule has 3 aromatic rings. The number of H-pyrrole nitrogens is 1. The Morgan fingerprint density at radius 3 is 2.88 bits per heavy atom. The van der Waals surface area contributed by atoms with E-state index < -0.39 is 11.8 Å². The Morgan fingerprint density at radius 1 is 1.29 bits per heavy atom. The quantitative estimate of drug-likeness (QED) is 0.360. The van der Waals surface area contributed by atoms with Crippen LogP contribution in [0.2, 0.25) is 0 Å². The zero-order chi connectivity index (χ0) is 24.2. The van der Waals surface area contributed by atoms with Crippen LogP contribution in [0.1, 0.15) is 25.8 Å². The van der Waals surface area contributed by atoms with Crippen molar-refractivity contribution in [1.82, 2.24) is 30.0 Å². The second-order valence-corrected chi connectivity index (χ2v) is 8.27. The molecule has 178 valence electrons. The van der Waals surface area contributed by atoms with Crippen LogP contribution in [-0.4, -0.2) is 75.7 Å². The van der Waals surface area contributed by atoms with Crippen molar-refractivity contribution >= 4 is 45.5 Å². The lowest BCUT2D eigenvalue weighted by molar-refractivity contribution is -0.136. The molecule has 0 aliphatic carbocycles. The van der Waals surface area contributed by atoms with Crippen LogP contribution in [0.5, 0.6) is 0 Å². The van der Waals surface area contributed by atoms with E-state index in [9.17, 15) is 14.4 Å². The normalized spacial score (nSPS) is 18.1. The number of amides is 3. The number of methoxy groups -OCH3 is 1. The number of anilines is 1. The zero-order valence-corrected chi connectivity index (χ0v) is 19.0. The summed E-state index contributed by atoms with van der Waals surface area (Å²) in [6.07, 6.45) is 3.84. The standard InChI is InChI=1S/C22H26N8O4/c1-13-5-9-29(17(31)3-6-23)12-16(13)30-18-14-4-7-24-19(14)26-11-15(18)20(28-30)27-22(33)21(32)25-8-10-34-2/h4,7,11,13,16,28H,3,5,8-10,12H2,1-2H3,(H,25,32)(H,27,33)/t13-,16+/m1/s1. The largest absolute Gasteiger partial charge is 0.383 e. The van der Waals surface area contributed by atoms with Crippen LogP contribution in [0.25, 0.3) is 21.9 Å². The summed E-state index contributed by atoms with van der Waals surface area (Å²) in [5.41, 5.74) is 1.32. The SMILES string of the molecule is COCCNC(=O)C(=O)Nc1[nH]n([C@H]2CN(C(=O)CC#N)CC[C@H]2C)c2c1cnc1nccc12. The highest BCUT2D eigenvalue weighted by Gasteiger charge is 2.32. The highest BCUT2D eigenvalue weighted by atomic mass is 16.5. The summed E-state index contributed by atoms with van der Waals surface area (Å²) in [5, 5.41) is 18.7. The van der Waals surface area contributed by atoms with Gasteiger partial charge in [-0.15, -0.1) is 0 Å². The van der Waals surface area contributed by atoms with E-state index in [4.69, 9.17) is 10.00 Å². The Labute approximate surface area is 195 Å². The predicted octanol–water partition coefficient (Wildman–Crippen LogP) is 0.937. The number of rotatable bonds is 6. The highest BCUT2D eigenvalue weighted by molar-refractivity contribution is 6.40. The van der Waals surface area contributed by atoms with Crippen LogP contribution in [0.3, 0.4) is 0 Å². The number of fused-ring (bicyclic) bond motifs is 3. The number of aromatic nitrogens is 4. The third-order valence-corrected chi connectivity index (χ3v) is 6.12. The van der Waals surface area contributed by atoms with E-state index in [1.165, 1.54) is 7.11 Å². The monoisotopic (exact) mass is 466 g/mol. The molecule has 0 saturated carbocycles. The number of pyridine rings is 1. The predicted molar refractivity (Wildman–Crippen MR) is 123 cm³/mol. The second-order valence-electron chi connectivity index (χ2n) is 8.27. The molecule has 3 N–H and O–H groups in total. The maximum atomic E-state index is 12.5. The van der Waals surface area contributed by atoms with Gasteiger partial charge in [-0.2, -0.15) is 5.26 Å². The number of carbonyl (C=O) groups is 3. The van der Waals surface area contributed by atoms with Crippen molar-refractivity contribution in [2.75, 3.05) is 38.7 Å². The van der Waals surface area contributed by atoms with Crippen LogP contribution in [0, 0.1) is 17.2 Å². The van der Waals surface area contributed by atoms with Gasteiger partial charge in [-0.3, -0.25) is 24.2 Å². The summed E-state index contributed by atoms with van der Waals surface area (Å²) in [6.45, 7) is 3.58. The first-order valence-corrected chi connectivity index (χ1v) is 11.0. The zero-order valence-electron chi connectivity index (χ0n) is 19.0. The molecule has 0 radical (unpaired) electrons. The summed E-state index contributed by atoms with van der Waals surface area (Å²) in [4.78, 5) is 47.4. The molecule has 1 aliphatic rings. The molecule has 4 rings (SSSR count). The van der Waals surface area contributed by atoms with E-state index in [1.54, 1.807) is 17.3 Å². The van der Waals surface area contributed by atoms with Crippen molar-refractivity contribution in [1.29, 1.82) is 5.26 Å². The molecular formula is C22H26N8O4. The molecule has 4 heterocycles. The number of hydrogen-bond donors (Lipinski definition) is 3. The van der Waals surface area contributed by atoms with Gasteiger partial charge in [0.1, 0.15) is 12.2 Å².